The smallest absolute Gasteiger partial charge is 0.239 e. The summed E-state index contributed by atoms with van der Waals surface area (Å²) in [5, 5.41) is 4.98. The first-order valence-corrected chi connectivity index (χ1v) is 5.38. The molecule has 0 atom stereocenters. The lowest BCUT2D eigenvalue weighted by molar-refractivity contribution is -0.120. The number of halogens is 3. The first-order valence-electron chi connectivity index (χ1n) is 5.38. The Balaban J connectivity index is 2.67. The van der Waals surface area contributed by atoms with Gasteiger partial charge in [0, 0.05) is 17.7 Å². The zero-order valence-corrected chi connectivity index (χ0v) is 10.4. The minimum Gasteiger partial charge on any atom is -0.374 e. The molecule has 1 aromatic rings. The molecule has 0 saturated carbocycles. The molecule has 0 aliphatic carbocycles. The molecule has 1 aromatic carbocycles. The van der Waals surface area contributed by atoms with Crippen LogP contribution in [-0.2, 0) is 4.79 Å². The van der Waals surface area contributed by atoms with Gasteiger partial charge in [-0.05, 0) is 20.8 Å². The number of nitrogens with one attached hydrogen (secondary N) is 2. The number of benzene rings is 1. The highest BCUT2D eigenvalue weighted by molar-refractivity contribution is 5.81. The number of rotatable bonds is 3. The van der Waals surface area contributed by atoms with E-state index in [4.69, 9.17) is 0 Å². The fourth-order valence-corrected chi connectivity index (χ4v) is 1.32. The van der Waals surface area contributed by atoms with Crippen molar-refractivity contribution in [2.24, 2.45) is 0 Å². The molecule has 1 rings (SSSR count). The third kappa shape index (κ3) is 4.27. The summed E-state index contributed by atoms with van der Waals surface area (Å²) in [5.41, 5.74) is -0.804. The van der Waals surface area contributed by atoms with Crippen LogP contribution in [0.2, 0.25) is 0 Å². The molecule has 3 nitrogen and oxygen atoms in total. The van der Waals surface area contributed by atoms with Gasteiger partial charge >= 0.3 is 0 Å². The lowest BCUT2D eigenvalue weighted by atomic mass is 10.1. The highest BCUT2D eigenvalue weighted by Gasteiger charge is 2.15. The first-order chi connectivity index (χ1) is 8.19. The van der Waals surface area contributed by atoms with Crippen molar-refractivity contribution in [3.05, 3.63) is 29.6 Å². The van der Waals surface area contributed by atoms with Crippen LogP contribution in [0, 0.1) is 17.5 Å². The second kappa shape index (κ2) is 5.29. The Morgan fingerprint density at radius 1 is 1.22 bits per heavy atom. The van der Waals surface area contributed by atoms with E-state index in [0.29, 0.717) is 6.07 Å². The van der Waals surface area contributed by atoms with Crippen LogP contribution in [0.1, 0.15) is 20.8 Å². The van der Waals surface area contributed by atoms with Gasteiger partial charge in [0.05, 0.1) is 12.2 Å². The van der Waals surface area contributed by atoms with E-state index in [9.17, 15) is 18.0 Å². The van der Waals surface area contributed by atoms with Crippen molar-refractivity contribution in [1.82, 2.24) is 5.32 Å². The van der Waals surface area contributed by atoms with Crippen LogP contribution in [0.5, 0.6) is 0 Å². The lowest BCUT2D eigenvalue weighted by Gasteiger charge is -2.20. The maximum Gasteiger partial charge on any atom is 0.239 e. The summed E-state index contributed by atoms with van der Waals surface area (Å²) < 4.78 is 39.0. The molecular weight excluding hydrogens is 245 g/mol. The van der Waals surface area contributed by atoms with Gasteiger partial charge < -0.3 is 10.6 Å². The maximum atomic E-state index is 13.2. The van der Waals surface area contributed by atoms with E-state index >= 15 is 0 Å². The fraction of sp³-hybridized carbons (Fsp3) is 0.417. The van der Waals surface area contributed by atoms with Gasteiger partial charge in [-0.2, -0.15) is 0 Å². The number of hydrogen-bond donors (Lipinski definition) is 2. The molecule has 6 heteroatoms. The van der Waals surface area contributed by atoms with Crippen molar-refractivity contribution < 1.29 is 18.0 Å². The quantitative estimate of drug-likeness (QED) is 0.819. The van der Waals surface area contributed by atoms with Crippen LogP contribution in [0.3, 0.4) is 0 Å². The highest BCUT2D eigenvalue weighted by atomic mass is 19.2. The molecule has 0 unspecified atom stereocenters. The van der Waals surface area contributed by atoms with Gasteiger partial charge in [-0.3, -0.25) is 4.79 Å². The third-order valence-electron chi connectivity index (χ3n) is 1.95. The van der Waals surface area contributed by atoms with Crippen molar-refractivity contribution in [3.8, 4) is 0 Å². The normalized spacial score (nSPS) is 11.2. The Hall–Kier alpha value is -1.72. The topological polar surface area (TPSA) is 41.1 Å². The summed E-state index contributed by atoms with van der Waals surface area (Å²) in [6, 6.07) is 1.23. The maximum absolute atomic E-state index is 13.2. The van der Waals surface area contributed by atoms with Crippen LogP contribution in [0.15, 0.2) is 12.1 Å². The second-order valence-corrected chi connectivity index (χ2v) is 4.90. The number of amides is 1. The summed E-state index contributed by atoms with van der Waals surface area (Å²) >= 11 is 0. The van der Waals surface area contributed by atoms with Crippen molar-refractivity contribution in [2.45, 2.75) is 26.3 Å². The molecule has 0 aliphatic rings. The third-order valence-corrected chi connectivity index (χ3v) is 1.95. The van der Waals surface area contributed by atoms with Crippen molar-refractivity contribution in [2.75, 3.05) is 11.9 Å². The van der Waals surface area contributed by atoms with Crippen LogP contribution in [-0.4, -0.2) is 18.0 Å². The van der Waals surface area contributed by atoms with Crippen molar-refractivity contribution in [1.29, 1.82) is 0 Å². The highest BCUT2D eigenvalue weighted by Crippen LogP contribution is 2.18. The summed E-state index contributed by atoms with van der Waals surface area (Å²) in [5.74, 6) is -3.81. The molecule has 0 radical (unpaired) electrons. The van der Waals surface area contributed by atoms with E-state index in [-0.39, 0.29) is 12.2 Å². The van der Waals surface area contributed by atoms with Gasteiger partial charge in [-0.25, -0.2) is 13.2 Å². The summed E-state index contributed by atoms with van der Waals surface area (Å²) in [6.07, 6.45) is 0. The van der Waals surface area contributed by atoms with Gasteiger partial charge in [-0.15, -0.1) is 0 Å². The molecule has 0 fully saturated rings. The van der Waals surface area contributed by atoms with Crippen LogP contribution < -0.4 is 10.6 Å². The van der Waals surface area contributed by atoms with Crippen LogP contribution >= 0.6 is 0 Å². The van der Waals surface area contributed by atoms with E-state index in [0.717, 1.165) is 6.07 Å². The molecule has 1 amide bonds. The van der Waals surface area contributed by atoms with Gasteiger partial charge in [0.15, 0.2) is 11.6 Å². The molecule has 18 heavy (non-hydrogen) atoms. The van der Waals surface area contributed by atoms with Gasteiger partial charge in [-0.1, -0.05) is 0 Å². The predicted molar refractivity (Wildman–Crippen MR) is 62.7 cm³/mol. The van der Waals surface area contributed by atoms with Crippen molar-refractivity contribution >= 4 is 11.6 Å². The molecule has 0 aromatic heterocycles. The zero-order valence-electron chi connectivity index (χ0n) is 10.4. The number of hydrogen-bond acceptors (Lipinski definition) is 2. The largest absolute Gasteiger partial charge is 0.374 e. The number of carbonyl (C=O) groups excluding carboxylic acids is 1. The Morgan fingerprint density at radius 3 is 2.39 bits per heavy atom. The molecule has 0 aliphatic heterocycles. The predicted octanol–water partition coefficient (Wildman–Crippen LogP) is 2.43. The summed E-state index contributed by atoms with van der Waals surface area (Å²) in [7, 11) is 0. The first kappa shape index (κ1) is 14.3. The number of carbonyl (C=O) groups is 1. The van der Waals surface area contributed by atoms with E-state index in [1.54, 1.807) is 20.8 Å². The average molecular weight is 260 g/mol. The molecule has 100 valence electrons. The van der Waals surface area contributed by atoms with Gasteiger partial charge in [0.1, 0.15) is 5.82 Å². The lowest BCUT2D eigenvalue weighted by Crippen LogP contribution is -2.43. The zero-order chi connectivity index (χ0) is 13.9. The Morgan fingerprint density at radius 2 is 1.83 bits per heavy atom. The average Bonchev–Trinajstić information content (AvgIpc) is 2.18. The van der Waals surface area contributed by atoms with Crippen LogP contribution in [0.4, 0.5) is 18.9 Å². The molecule has 2 N–H and O–H groups in total. The minimum atomic E-state index is -1.30. The Kier molecular flexibility index (Phi) is 4.21. The number of anilines is 1. The summed E-state index contributed by atoms with van der Waals surface area (Å²) in [6.45, 7) is 5.09. The molecule has 0 saturated heterocycles. The van der Waals surface area contributed by atoms with E-state index < -0.39 is 28.9 Å². The van der Waals surface area contributed by atoms with E-state index in [2.05, 4.69) is 10.6 Å². The molecule has 0 spiro atoms. The van der Waals surface area contributed by atoms with E-state index in [1.165, 1.54) is 0 Å². The molecule has 0 bridgehead atoms. The van der Waals surface area contributed by atoms with Gasteiger partial charge in [0.2, 0.25) is 5.91 Å². The Labute approximate surface area is 103 Å². The minimum absolute atomic E-state index is 0.267. The Bertz CT molecular complexity index is 455. The van der Waals surface area contributed by atoms with E-state index in [1.807, 2.05) is 0 Å². The SMILES string of the molecule is CC(C)(C)NC(=O)CNc1cc(F)cc(F)c1F. The summed E-state index contributed by atoms with van der Waals surface area (Å²) in [4.78, 5) is 11.4. The van der Waals surface area contributed by atoms with Crippen molar-refractivity contribution in [3.63, 3.8) is 0 Å². The molecule has 0 heterocycles. The van der Waals surface area contributed by atoms with Crippen LogP contribution in [0.25, 0.3) is 0 Å². The monoisotopic (exact) mass is 260 g/mol. The standard InChI is InChI=1S/C12H15F3N2O/c1-12(2,3)17-10(18)6-16-9-5-7(13)4-8(14)11(9)15/h4-5,16H,6H2,1-3H3,(H,17,18). The fourth-order valence-electron chi connectivity index (χ4n) is 1.32. The van der Waals surface area contributed by atoms with Gasteiger partial charge in [0.25, 0.3) is 0 Å². The second-order valence-electron chi connectivity index (χ2n) is 4.90. The molecular formula is C12H15F3N2O.